The minimum absolute atomic E-state index is 0.350. The lowest BCUT2D eigenvalue weighted by Gasteiger charge is -2.52. The van der Waals surface area contributed by atoms with Crippen molar-refractivity contribution in [3.63, 3.8) is 0 Å². The molecule has 3 nitrogen and oxygen atoms in total. The summed E-state index contributed by atoms with van der Waals surface area (Å²) in [5.74, 6) is 0. The van der Waals surface area contributed by atoms with Gasteiger partial charge in [0.25, 0.3) is 0 Å². The number of aryl methyl sites for hydroxylation is 1. The number of fused-ring (bicyclic) bond motifs is 2. The molecule has 4 heterocycles. The van der Waals surface area contributed by atoms with E-state index in [2.05, 4.69) is 14.8 Å². The Kier molecular flexibility index (Phi) is 2.52. The molecule has 2 bridgehead atoms. The Hall–Kier alpha value is -1.30. The van der Waals surface area contributed by atoms with Crippen LogP contribution >= 0.6 is 0 Å². The summed E-state index contributed by atoms with van der Waals surface area (Å²) < 4.78 is 38.1. The minimum Gasteiger partial charge on any atom is -0.363 e. The number of hydrogen-bond donors (Lipinski definition) is 0. The van der Waals surface area contributed by atoms with Crippen molar-refractivity contribution < 1.29 is 13.2 Å². The molecule has 3 saturated heterocycles. The monoisotopic (exact) mass is 257 g/mol. The molecule has 0 aromatic carbocycles. The number of nitrogens with zero attached hydrogens (tertiary/aromatic N) is 3. The zero-order valence-electron chi connectivity index (χ0n) is 10.0. The summed E-state index contributed by atoms with van der Waals surface area (Å²) in [5, 5.41) is 0. The fraction of sp³-hybridized carbons (Fsp3) is 0.583. The molecular weight excluding hydrogens is 243 g/mol. The molecule has 98 valence electrons. The lowest BCUT2D eigenvalue weighted by molar-refractivity contribution is -0.137. The number of piperazine rings is 2. The molecule has 0 aliphatic carbocycles. The fourth-order valence-corrected chi connectivity index (χ4v) is 2.64. The highest BCUT2D eigenvalue weighted by Crippen LogP contribution is 2.34. The van der Waals surface area contributed by atoms with Crippen molar-refractivity contribution in [3.8, 4) is 0 Å². The molecule has 3 aliphatic rings. The van der Waals surface area contributed by atoms with Gasteiger partial charge in [0.05, 0.1) is 23.0 Å². The maximum absolute atomic E-state index is 12.7. The Balaban J connectivity index is 1.95. The number of halogens is 3. The van der Waals surface area contributed by atoms with Crippen LogP contribution in [0.3, 0.4) is 0 Å². The zero-order chi connectivity index (χ0) is 12.9. The van der Waals surface area contributed by atoms with E-state index in [9.17, 15) is 13.2 Å². The van der Waals surface area contributed by atoms with Gasteiger partial charge in [0.15, 0.2) is 0 Å². The van der Waals surface area contributed by atoms with Crippen LogP contribution in [0, 0.1) is 6.92 Å². The first-order chi connectivity index (χ1) is 8.45. The molecule has 3 fully saturated rings. The van der Waals surface area contributed by atoms with Gasteiger partial charge in [-0.05, 0) is 13.0 Å². The molecule has 0 unspecified atom stereocenters. The number of aromatic nitrogens is 1. The SMILES string of the molecule is Cc1ncc(C(F)(F)F)cc1N1CCN2CC1C2. The van der Waals surface area contributed by atoms with Gasteiger partial charge in [-0.15, -0.1) is 0 Å². The highest BCUT2D eigenvalue weighted by molar-refractivity contribution is 5.54. The van der Waals surface area contributed by atoms with Crippen molar-refractivity contribution >= 4 is 5.69 Å². The average Bonchev–Trinajstić information content (AvgIpc) is 2.27. The first kappa shape index (κ1) is 11.8. The molecule has 0 amide bonds. The predicted octanol–water partition coefficient (Wildman–Crippen LogP) is 1.91. The maximum atomic E-state index is 12.7. The van der Waals surface area contributed by atoms with Crippen molar-refractivity contribution in [1.82, 2.24) is 9.88 Å². The van der Waals surface area contributed by atoms with Crippen LogP contribution in [-0.2, 0) is 6.18 Å². The Morgan fingerprint density at radius 2 is 2.00 bits per heavy atom. The molecule has 1 aromatic rings. The van der Waals surface area contributed by atoms with Crippen molar-refractivity contribution in [2.75, 3.05) is 31.1 Å². The highest BCUT2D eigenvalue weighted by atomic mass is 19.4. The highest BCUT2D eigenvalue weighted by Gasteiger charge is 2.38. The van der Waals surface area contributed by atoms with Gasteiger partial charge in [-0.3, -0.25) is 9.88 Å². The predicted molar refractivity (Wildman–Crippen MR) is 61.6 cm³/mol. The molecule has 0 saturated carbocycles. The lowest BCUT2D eigenvalue weighted by atomic mass is 10.0. The Labute approximate surface area is 103 Å². The van der Waals surface area contributed by atoms with Crippen LogP contribution < -0.4 is 4.90 Å². The quantitative estimate of drug-likeness (QED) is 0.766. The van der Waals surface area contributed by atoms with E-state index in [-0.39, 0.29) is 0 Å². The zero-order valence-corrected chi connectivity index (χ0v) is 10.0. The summed E-state index contributed by atoms with van der Waals surface area (Å²) in [5.41, 5.74) is 0.641. The largest absolute Gasteiger partial charge is 0.417 e. The van der Waals surface area contributed by atoms with Crippen molar-refractivity contribution in [2.24, 2.45) is 0 Å². The molecule has 6 heteroatoms. The molecule has 0 spiro atoms. The number of hydrogen-bond acceptors (Lipinski definition) is 3. The van der Waals surface area contributed by atoms with E-state index >= 15 is 0 Å². The molecule has 4 rings (SSSR count). The number of anilines is 1. The molecule has 1 aromatic heterocycles. The molecule has 18 heavy (non-hydrogen) atoms. The number of pyridine rings is 1. The van der Waals surface area contributed by atoms with Crippen molar-refractivity contribution in [3.05, 3.63) is 23.5 Å². The van der Waals surface area contributed by atoms with Gasteiger partial charge >= 0.3 is 6.18 Å². The number of alkyl halides is 3. The summed E-state index contributed by atoms with van der Waals surface area (Å²) in [4.78, 5) is 8.27. The molecule has 0 atom stereocenters. The Morgan fingerprint density at radius 1 is 1.28 bits per heavy atom. The average molecular weight is 257 g/mol. The number of rotatable bonds is 1. The molecule has 0 radical (unpaired) electrons. The lowest BCUT2D eigenvalue weighted by Crippen LogP contribution is -2.66. The second-order valence-electron chi connectivity index (χ2n) is 4.93. The van der Waals surface area contributed by atoms with E-state index in [1.807, 2.05) is 0 Å². The van der Waals surface area contributed by atoms with Gasteiger partial charge in [-0.2, -0.15) is 13.2 Å². The maximum Gasteiger partial charge on any atom is 0.417 e. The van der Waals surface area contributed by atoms with Crippen LogP contribution in [0.4, 0.5) is 18.9 Å². The summed E-state index contributed by atoms with van der Waals surface area (Å²) >= 11 is 0. The van der Waals surface area contributed by atoms with Crippen LogP contribution in [0.15, 0.2) is 12.3 Å². The van der Waals surface area contributed by atoms with Crippen LogP contribution in [-0.4, -0.2) is 42.1 Å². The van der Waals surface area contributed by atoms with Crippen LogP contribution in [0.2, 0.25) is 0 Å². The Bertz CT molecular complexity index is 463. The van der Waals surface area contributed by atoms with E-state index in [0.717, 1.165) is 32.4 Å². The summed E-state index contributed by atoms with van der Waals surface area (Å²) in [6.45, 7) is 5.38. The molecule has 0 N–H and O–H groups in total. The summed E-state index contributed by atoms with van der Waals surface area (Å²) in [6.07, 6.45) is -3.41. The summed E-state index contributed by atoms with van der Waals surface area (Å²) in [6, 6.07) is 1.58. The van der Waals surface area contributed by atoms with Gasteiger partial charge < -0.3 is 4.90 Å². The fourth-order valence-electron chi connectivity index (χ4n) is 2.64. The van der Waals surface area contributed by atoms with Gasteiger partial charge in [-0.1, -0.05) is 0 Å². The minimum atomic E-state index is -4.32. The second-order valence-corrected chi connectivity index (χ2v) is 4.93. The van der Waals surface area contributed by atoms with Crippen molar-refractivity contribution in [2.45, 2.75) is 19.1 Å². The molecule has 3 aliphatic heterocycles. The standard InChI is InChI=1S/C12H14F3N3/c1-8-11(4-9(5-16-8)12(13,14)15)18-3-2-17-6-10(18)7-17/h4-5,10H,2-3,6-7H2,1H3. The molecular formula is C12H14F3N3. The van der Waals surface area contributed by atoms with E-state index in [0.29, 0.717) is 17.4 Å². The third-order valence-corrected chi connectivity index (χ3v) is 3.73. The van der Waals surface area contributed by atoms with Gasteiger partial charge in [0.1, 0.15) is 0 Å². The van der Waals surface area contributed by atoms with Crippen LogP contribution in [0.5, 0.6) is 0 Å². The first-order valence-electron chi connectivity index (χ1n) is 5.98. The Morgan fingerprint density at radius 3 is 2.56 bits per heavy atom. The second kappa shape index (κ2) is 3.85. The van der Waals surface area contributed by atoms with Crippen LogP contribution in [0.25, 0.3) is 0 Å². The normalized spacial score (nSPS) is 27.0. The van der Waals surface area contributed by atoms with E-state index in [1.54, 1.807) is 6.92 Å². The third kappa shape index (κ3) is 1.84. The van der Waals surface area contributed by atoms with Gasteiger partial charge in [-0.25, -0.2) is 0 Å². The van der Waals surface area contributed by atoms with Gasteiger partial charge in [0.2, 0.25) is 0 Å². The van der Waals surface area contributed by atoms with E-state index < -0.39 is 11.7 Å². The van der Waals surface area contributed by atoms with Crippen molar-refractivity contribution in [1.29, 1.82) is 0 Å². The third-order valence-electron chi connectivity index (χ3n) is 3.73. The summed E-state index contributed by atoms with van der Waals surface area (Å²) in [7, 11) is 0. The topological polar surface area (TPSA) is 19.4 Å². The smallest absolute Gasteiger partial charge is 0.363 e. The van der Waals surface area contributed by atoms with Crippen LogP contribution in [0.1, 0.15) is 11.3 Å². The van der Waals surface area contributed by atoms with Gasteiger partial charge in [0, 0.05) is 32.4 Å². The van der Waals surface area contributed by atoms with E-state index in [4.69, 9.17) is 0 Å². The first-order valence-corrected chi connectivity index (χ1v) is 5.98. The van der Waals surface area contributed by atoms with E-state index in [1.165, 1.54) is 6.07 Å².